The highest BCUT2D eigenvalue weighted by Gasteiger charge is 2.41. The van der Waals surface area contributed by atoms with E-state index in [2.05, 4.69) is 10.3 Å². The van der Waals surface area contributed by atoms with Gasteiger partial charge in [-0.1, -0.05) is 11.6 Å². The fraction of sp³-hybridized carbons (Fsp3) is 0.545. The molecule has 3 nitrogen and oxygen atoms in total. The van der Waals surface area contributed by atoms with Gasteiger partial charge in [-0.3, -0.25) is 0 Å². The van der Waals surface area contributed by atoms with Crippen LogP contribution in [0, 0.1) is 0 Å². The van der Waals surface area contributed by atoms with Crippen molar-refractivity contribution in [2.24, 2.45) is 0 Å². The number of fused-ring (bicyclic) bond motifs is 2. The van der Waals surface area contributed by atoms with E-state index in [4.69, 9.17) is 16.3 Å². The summed E-state index contributed by atoms with van der Waals surface area (Å²) in [5.74, 6) is 0. The van der Waals surface area contributed by atoms with E-state index >= 15 is 0 Å². The predicted octanol–water partition coefficient (Wildman–Crippen LogP) is 1.84. The lowest BCUT2D eigenvalue weighted by atomic mass is 9.85. The zero-order valence-corrected chi connectivity index (χ0v) is 9.18. The summed E-state index contributed by atoms with van der Waals surface area (Å²) in [6.07, 6.45) is 3.90. The number of nitrogens with zero attached hydrogens (tertiary/aromatic N) is 1. The van der Waals surface area contributed by atoms with E-state index in [0.717, 1.165) is 25.9 Å². The first-order chi connectivity index (χ1) is 7.30. The number of rotatable bonds is 0. The van der Waals surface area contributed by atoms with Crippen LogP contribution in [0.3, 0.4) is 0 Å². The summed E-state index contributed by atoms with van der Waals surface area (Å²) in [4.78, 5) is 4.10. The largest absolute Gasteiger partial charge is 0.365 e. The van der Waals surface area contributed by atoms with E-state index in [1.807, 2.05) is 12.3 Å². The summed E-state index contributed by atoms with van der Waals surface area (Å²) in [5.41, 5.74) is 2.36. The van der Waals surface area contributed by atoms with Gasteiger partial charge in [-0.15, -0.1) is 0 Å². The average Bonchev–Trinajstić information content (AvgIpc) is 2.59. The fourth-order valence-corrected chi connectivity index (χ4v) is 2.69. The van der Waals surface area contributed by atoms with Gasteiger partial charge in [0.2, 0.25) is 0 Å². The molecule has 1 fully saturated rings. The Morgan fingerprint density at radius 2 is 2.20 bits per heavy atom. The molecule has 0 aliphatic carbocycles. The lowest BCUT2D eigenvalue weighted by Gasteiger charge is -2.33. The minimum absolute atomic E-state index is 0.0901. The molecule has 2 aliphatic heterocycles. The highest BCUT2D eigenvalue weighted by atomic mass is 35.5. The second-order valence-electron chi connectivity index (χ2n) is 4.20. The highest BCUT2D eigenvalue weighted by Crippen LogP contribution is 2.43. The van der Waals surface area contributed by atoms with E-state index in [-0.39, 0.29) is 5.60 Å². The van der Waals surface area contributed by atoms with Gasteiger partial charge in [-0.2, -0.15) is 0 Å². The van der Waals surface area contributed by atoms with Crippen LogP contribution in [-0.2, 0) is 16.9 Å². The summed E-state index contributed by atoms with van der Waals surface area (Å²) >= 11 is 5.94. The van der Waals surface area contributed by atoms with Gasteiger partial charge in [0.05, 0.1) is 12.2 Å². The Hall–Kier alpha value is -0.640. The molecule has 0 saturated carbocycles. The summed E-state index contributed by atoms with van der Waals surface area (Å²) in [7, 11) is 0. The van der Waals surface area contributed by atoms with Crippen LogP contribution in [0.1, 0.15) is 24.0 Å². The number of ether oxygens (including phenoxy) is 1. The molecule has 4 heteroatoms. The molecule has 0 amide bonds. The molecule has 15 heavy (non-hydrogen) atoms. The number of hydrogen-bond acceptors (Lipinski definition) is 3. The molecule has 0 atom stereocenters. The number of halogens is 1. The van der Waals surface area contributed by atoms with Crippen molar-refractivity contribution in [3.05, 3.63) is 28.5 Å². The fourth-order valence-electron chi connectivity index (χ4n) is 2.54. The van der Waals surface area contributed by atoms with Gasteiger partial charge in [-0.25, -0.2) is 4.98 Å². The smallest absolute Gasteiger partial charge is 0.129 e. The Kier molecular flexibility index (Phi) is 2.20. The molecule has 1 N–H and O–H groups in total. The van der Waals surface area contributed by atoms with Crippen LogP contribution < -0.4 is 5.32 Å². The molecule has 2 aliphatic rings. The third-order valence-electron chi connectivity index (χ3n) is 3.36. The SMILES string of the molecule is Clc1cc2c(cn1)COC21CCNCC1. The topological polar surface area (TPSA) is 34.1 Å². The molecule has 0 bridgehead atoms. The Morgan fingerprint density at radius 1 is 1.40 bits per heavy atom. The minimum Gasteiger partial charge on any atom is -0.365 e. The summed E-state index contributed by atoms with van der Waals surface area (Å²) in [6, 6.07) is 1.97. The number of pyridine rings is 1. The molecule has 80 valence electrons. The molecular weight excluding hydrogens is 212 g/mol. The van der Waals surface area contributed by atoms with Crippen molar-refractivity contribution in [3.8, 4) is 0 Å². The van der Waals surface area contributed by atoms with Crippen molar-refractivity contribution >= 4 is 11.6 Å². The zero-order valence-electron chi connectivity index (χ0n) is 8.42. The first kappa shape index (κ1) is 9.58. The maximum Gasteiger partial charge on any atom is 0.129 e. The van der Waals surface area contributed by atoms with Crippen LogP contribution in [-0.4, -0.2) is 18.1 Å². The molecule has 1 saturated heterocycles. The Labute approximate surface area is 93.8 Å². The number of hydrogen-bond donors (Lipinski definition) is 1. The molecule has 0 unspecified atom stereocenters. The van der Waals surface area contributed by atoms with E-state index in [1.54, 1.807) is 0 Å². The standard InChI is InChI=1S/C11H13ClN2O/c12-10-5-9-8(6-14-10)7-15-11(9)1-3-13-4-2-11/h5-6,13H,1-4,7H2. The maximum absolute atomic E-state index is 5.97. The highest BCUT2D eigenvalue weighted by molar-refractivity contribution is 6.29. The first-order valence-electron chi connectivity index (χ1n) is 5.30. The normalized spacial score (nSPS) is 23.0. The lowest BCUT2D eigenvalue weighted by Crippen LogP contribution is -2.39. The molecule has 0 radical (unpaired) electrons. The van der Waals surface area contributed by atoms with E-state index in [9.17, 15) is 0 Å². The Balaban J connectivity index is 2.05. The Bertz CT molecular complexity index is 383. The van der Waals surface area contributed by atoms with Crippen molar-refractivity contribution in [1.82, 2.24) is 10.3 Å². The van der Waals surface area contributed by atoms with Gasteiger partial charge in [0, 0.05) is 11.8 Å². The monoisotopic (exact) mass is 224 g/mol. The number of nitrogens with one attached hydrogen (secondary N) is 1. The first-order valence-corrected chi connectivity index (χ1v) is 5.68. The van der Waals surface area contributed by atoms with Crippen LogP contribution in [0.2, 0.25) is 5.15 Å². The lowest BCUT2D eigenvalue weighted by molar-refractivity contribution is -0.0590. The molecule has 1 aromatic heterocycles. The van der Waals surface area contributed by atoms with Crippen molar-refractivity contribution < 1.29 is 4.74 Å². The average molecular weight is 225 g/mol. The van der Waals surface area contributed by atoms with Gasteiger partial charge >= 0.3 is 0 Å². The van der Waals surface area contributed by atoms with Crippen LogP contribution in [0.15, 0.2) is 12.3 Å². The third kappa shape index (κ3) is 1.46. The van der Waals surface area contributed by atoms with Gasteiger partial charge in [0.1, 0.15) is 5.15 Å². The van der Waals surface area contributed by atoms with Gasteiger partial charge < -0.3 is 10.1 Å². The second-order valence-corrected chi connectivity index (χ2v) is 4.58. The maximum atomic E-state index is 5.97. The third-order valence-corrected chi connectivity index (χ3v) is 3.57. The summed E-state index contributed by atoms with van der Waals surface area (Å²) < 4.78 is 5.97. The summed E-state index contributed by atoms with van der Waals surface area (Å²) in [5, 5.41) is 3.92. The van der Waals surface area contributed by atoms with Crippen LogP contribution in [0.5, 0.6) is 0 Å². The number of aromatic nitrogens is 1. The van der Waals surface area contributed by atoms with Crippen LogP contribution in [0.25, 0.3) is 0 Å². The van der Waals surface area contributed by atoms with Crippen LogP contribution in [0.4, 0.5) is 0 Å². The molecule has 1 aromatic rings. The molecule has 3 rings (SSSR count). The molecule has 3 heterocycles. The van der Waals surface area contributed by atoms with Crippen molar-refractivity contribution in [2.75, 3.05) is 13.1 Å². The minimum atomic E-state index is -0.0901. The predicted molar refractivity (Wildman–Crippen MR) is 57.8 cm³/mol. The van der Waals surface area contributed by atoms with E-state index < -0.39 is 0 Å². The van der Waals surface area contributed by atoms with Gasteiger partial charge in [-0.05, 0) is 37.6 Å². The molecule has 1 spiro atoms. The summed E-state index contributed by atoms with van der Waals surface area (Å²) in [6.45, 7) is 2.71. The molecular formula is C11H13ClN2O. The quantitative estimate of drug-likeness (QED) is 0.683. The second kappa shape index (κ2) is 3.44. The Morgan fingerprint density at radius 3 is 3.00 bits per heavy atom. The van der Waals surface area contributed by atoms with Gasteiger partial charge in [0.15, 0.2) is 0 Å². The number of piperidine rings is 1. The van der Waals surface area contributed by atoms with E-state index in [0.29, 0.717) is 11.8 Å². The van der Waals surface area contributed by atoms with Gasteiger partial charge in [0.25, 0.3) is 0 Å². The molecule has 0 aromatic carbocycles. The zero-order chi connectivity index (χ0) is 10.3. The van der Waals surface area contributed by atoms with Crippen molar-refractivity contribution in [3.63, 3.8) is 0 Å². The van der Waals surface area contributed by atoms with Crippen LogP contribution >= 0.6 is 11.6 Å². The van der Waals surface area contributed by atoms with E-state index in [1.165, 1.54) is 11.1 Å². The van der Waals surface area contributed by atoms with Crippen molar-refractivity contribution in [2.45, 2.75) is 25.0 Å². The van der Waals surface area contributed by atoms with Crippen molar-refractivity contribution in [1.29, 1.82) is 0 Å².